The molecular weight excluding hydrogens is 266 g/mol. The van der Waals surface area contributed by atoms with Gasteiger partial charge >= 0.3 is 5.91 Å². The lowest BCUT2D eigenvalue weighted by Crippen LogP contribution is -2.28. The predicted molar refractivity (Wildman–Crippen MR) is 72.7 cm³/mol. The first-order valence-electron chi connectivity index (χ1n) is 5.54. The van der Waals surface area contributed by atoms with E-state index in [0.717, 1.165) is 0 Å². The lowest BCUT2D eigenvalue weighted by molar-refractivity contribution is -0.362. The predicted octanol–water partition coefficient (Wildman–Crippen LogP) is 3.24. The Morgan fingerprint density at radius 1 is 1.32 bits per heavy atom. The molecular formula is C13H11ClN3O2+. The van der Waals surface area contributed by atoms with Crippen LogP contribution in [0, 0.1) is 4.91 Å². The number of nitrogens with one attached hydrogen (secondary N) is 1. The minimum Gasteiger partial charge on any atom is -0.247 e. The van der Waals surface area contributed by atoms with Gasteiger partial charge in [-0.15, -0.1) is 4.91 Å². The number of benzene rings is 1. The molecule has 2 rings (SSSR count). The number of para-hydroxylation sites is 1. The highest BCUT2D eigenvalue weighted by Crippen LogP contribution is 2.30. The Balaban J connectivity index is 2.55. The van der Waals surface area contributed by atoms with Gasteiger partial charge in [-0.05, 0) is 17.3 Å². The molecule has 0 aliphatic rings. The maximum absolute atomic E-state index is 11.8. The summed E-state index contributed by atoms with van der Waals surface area (Å²) < 4.78 is 0. The minimum absolute atomic E-state index is 0.229. The molecule has 0 aliphatic carbocycles. The zero-order chi connectivity index (χ0) is 13.8. The third-order valence-electron chi connectivity index (χ3n) is 2.52. The third-order valence-corrected chi connectivity index (χ3v) is 2.84. The fourth-order valence-electron chi connectivity index (χ4n) is 1.73. The molecule has 19 heavy (non-hydrogen) atoms. The van der Waals surface area contributed by atoms with Gasteiger partial charge in [0.05, 0.1) is 17.3 Å². The van der Waals surface area contributed by atoms with Crippen LogP contribution in [0.15, 0.2) is 47.8 Å². The molecule has 6 heteroatoms. The summed E-state index contributed by atoms with van der Waals surface area (Å²) in [6.45, 7) is 1.41. The number of hydrogen-bond acceptors (Lipinski definition) is 3. The normalized spacial score (nSPS) is 10.0. The number of carbonyl (C=O) groups is 1. The number of H-pyrrole nitrogens is 1. The van der Waals surface area contributed by atoms with Crippen LogP contribution >= 0.6 is 11.6 Å². The van der Waals surface area contributed by atoms with Crippen molar-refractivity contribution in [2.45, 2.75) is 6.92 Å². The van der Waals surface area contributed by atoms with E-state index in [9.17, 15) is 9.70 Å². The van der Waals surface area contributed by atoms with Gasteiger partial charge in [0.15, 0.2) is 5.69 Å². The molecule has 1 aromatic heterocycles. The van der Waals surface area contributed by atoms with Crippen molar-refractivity contribution in [2.24, 2.45) is 5.18 Å². The van der Waals surface area contributed by atoms with E-state index >= 15 is 0 Å². The number of aromatic amines is 1. The lowest BCUT2D eigenvalue weighted by Gasteiger charge is -2.13. The van der Waals surface area contributed by atoms with Gasteiger partial charge in [-0.3, -0.25) is 0 Å². The van der Waals surface area contributed by atoms with Crippen molar-refractivity contribution in [3.63, 3.8) is 0 Å². The van der Waals surface area contributed by atoms with Gasteiger partial charge in [0.2, 0.25) is 0 Å². The van der Waals surface area contributed by atoms with Crippen molar-refractivity contribution in [2.75, 3.05) is 4.90 Å². The van der Waals surface area contributed by atoms with Crippen molar-refractivity contribution >= 4 is 34.7 Å². The van der Waals surface area contributed by atoms with E-state index in [4.69, 9.17) is 11.6 Å². The maximum Gasteiger partial charge on any atom is 0.311 e. The fraction of sp³-hybridized carbons (Fsp3) is 0.0769. The molecule has 0 spiro atoms. The zero-order valence-electron chi connectivity index (χ0n) is 10.1. The summed E-state index contributed by atoms with van der Waals surface area (Å²) in [6.07, 6.45) is 1.54. The Morgan fingerprint density at radius 3 is 2.68 bits per heavy atom. The second kappa shape index (κ2) is 5.58. The molecule has 2 aromatic rings. The highest BCUT2D eigenvalue weighted by molar-refractivity contribution is 6.34. The molecule has 5 nitrogen and oxygen atoms in total. The topological polar surface area (TPSA) is 63.9 Å². The summed E-state index contributed by atoms with van der Waals surface area (Å²) >= 11 is 6.09. The quantitative estimate of drug-likeness (QED) is 0.808. The van der Waals surface area contributed by atoms with Crippen LogP contribution in [-0.2, 0) is 4.79 Å². The number of carbonyl (C=O) groups excluding carboxylic acids is 1. The number of rotatable bonds is 3. The van der Waals surface area contributed by atoms with Gasteiger partial charge in [-0.2, -0.15) is 4.90 Å². The van der Waals surface area contributed by atoms with E-state index in [1.54, 1.807) is 30.5 Å². The van der Waals surface area contributed by atoms with Gasteiger partial charge < -0.3 is 0 Å². The number of amides is 1. The number of aromatic nitrogens is 1. The highest BCUT2D eigenvalue weighted by Gasteiger charge is 2.26. The van der Waals surface area contributed by atoms with Crippen LogP contribution < -0.4 is 9.88 Å². The van der Waals surface area contributed by atoms with Gasteiger partial charge in [-0.1, -0.05) is 23.7 Å². The largest absolute Gasteiger partial charge is 0.311 e. The van der Waals surface area contributed by atoms with E-state index < -0.39 is 0 Å². The summed E-state index contributed by atoms with van der Waals surface area (Å²) in [5, 5.41) is 3.29. The van der Waals surface area contributed by atoms with E-state index in [0.29, 0.717) is 16.5 Å². The van der Waals surface area contributed by atoms with E-state index in [2.05, 4.69) is 10.2 Å². The molecule has 1 aromatic carbocycles. The van der Waals surface area contributed by atoms with Crippen LogP contribution in [0.1, 0.15) is 6.92 Å². The summed E-state index contributed by atoms with van der Waals surface area (Å²) in [5.41, 5.74) is 0.767. The molecule has 0 radical (unpaired) electrons. The second-order valence-corrected chi connectivity index (χ2v) is 4.24. The minimum atomic E-state index is -0.229. The molecule has 0 atom stereocenters. The van der Waals surface area contributed by atoms with E-state index in [1.165, 1.54) is 24.0 Å². The summed E-state index contributed by atoms with van der Waals surface area (Å²) in [7, 11) is 0. The Hall–Kier alpha value is -2.27. The van der Waals surface area contributed by atoms with Crippen molar-refractivity contribution in [3.05, 3.63) is 52.5 Å². The molecule has 0 aliphatic heterocycles. The molecule has 96 valence electrons. The van der Waals surface area contributed by atoms with E-state index in [-0.39, 0.29) is 11.6 Å². The molecule has 1 heterocycles. The molecule has 1 amide bonds. The number of pyridine rings is 1. The van der Waals surface area contributed by atoms with Crippen LogP contribution in [-0.4, -0.2) is 5.91 Å². The Morgan fingerprint density at radius 2 is 2.05 bits per heavy atom. The summed E-state index contributed by atoms with van der Waals surface area (Å²) in [4.78, 5) is 26.7. The van der Waals surface area contributed by atoms with Crippen molar-refractivity contribution < 1.29 is 9.78 Å². The Labute approximate surface area is 114 Å². The average Bonchev–Trinajstić information content (AvgIpc) is 2.41. The van der Waals surface area contributed by atoms with Crippen LogP contribution in [0.2, 0.25) is 5.02 Å². The monoisotopic (exact) mass is 276 g/mol. The molecule has 0 bridgehead atoms. The summed E-state index contributed by atoms with van der Waals surface area (Å²) in [5.74, 6) is 0.199. The first-order chi connectivity index (χ1) is 9.13. The van der Waals surface area contributed by atoms with Crippen molar-refractivity contribution in [1.29, 1.82) is 0 Å². The van der Waals surface area contributed by atoms with Gasteiger partial charge in [-0.25, -0.2) is 9.78 Å². The van der Waals surface area contributed by atoms with Gasteiger partial charge in [0, 0.05) is 13.0 Å². The number of halogens is 1. The SMILES string of the molecule is CC(=O)N(c1cc(N=O)cc[nH+]1)c1ccccc1Cl. The first kappa shape index (κ1) is 13.2. The van der Waals surface area contributed by atoms with Crippen LogP contribution in [0.3, 0.4) is 0 Å². The Kier molecular flexibility index (Phi) is 3.87. The average molecular weight is 277 g/mol. The standard InChI is InChI=1S/C13H10ClN3O2/c1-9(18)17(12-5-3-2-4-11(12)14)13-8-10(16-19)6-7-15-13/h2-8H,1H3/p+1. The van der Waals surface area contributed by atoms with E-state index in [1.807, 2.05) is 0 Å². The van der Waals surface area contributed by atoms with Crippen molar-refractivity contribution in [1.82, 2.24) is 0 Å². The van der Waals surface area contributed by atoms with Crippen LogP contribution in [0.4, 0.5) is 17.2 Å². The Bertz CT molecular complexity index is 631. The second-order valence-electron chi connectivity index (χ2n) is 3.83. The molecule has 0 fully saturated rings. The zero-order valence-corrected chi connectivity index (χ0v) is 10.9. The third kappa shape index (κ3) is 2.77. The molecule has 0 saturated heterocycles. The lowest BCUT2D eigenvalue weighted by atomic mass is 10.2. The number of anilines is 2. The molecule has 1 N–H and O–H groups in total. The number of nitrogens with zero attached hydrogens (tertiary/aromatic N) is 2. The van der Waals surface area contributed by atoms with Crippen LogP contribution in [0.5, 0.6) is 0 Å². The highest BCUT2D eigenvalue weighted by atomic mass is 35.5. The number of hydrogen-bond donors (Lipinski definition) is 0. The molecule has 0 unspecified atom stereocenters. The van der Waals surface area contributed by atoms with Gasteiger partial charge in [0.1, 0.15) is 5.69 Å². The smallest absolute Gasteiger partial charge is 0.247 e. The van der Waals surface area contributed by atoms with Gasteiger partial charge in [0.25, 0.3) is 5.82 Å². The maximum atomic E-state index is 11.8. The number of nitroso groups, excluding NO2 is 1. The summed E-state index contributed by atoms with van der Waals surface area (Å²) in [6, 6.07) is 9.96. The first-order valence-corrected chi connectivity index (χ1v) is 5.91. The molecule has 0 saturated carbocycles. The van der Waals surface area contributed by atoms with Crippen LogP contribution in [0.25, 0.3) is 0 Å². The van der Waals surface area contributed by atoms with Crippen molar-refractivity contribution in [3.8, 4) is 0 Å². The fourth-order valence-corrected chi connectivity index (χ4v) is 1.95.